The van der Waals surface area contributed by atoms with Crippen LogP contribution in [0.3, 0.4) is 0 Å². The summed E-state index contributed by atoms with van der Waals surface area (Å²) in [4.78, 5) is 11.5. The zero-order chi connectivity index (χ0) is 12.1. The number of amides is 1. The van der Waals surface area contributed by atoms with E-state index in [1.165, 1.54) is 0 Å². The standard InChI is InChI=1S/C12H13BrN2O/c1-8(2)12(16)15-11(7-14)9-3-5-10(13)6-4-9/h3-6,8,11H,1-2H3,(H,15,16). The van der Waals surface area contributed by atoms with Gasteiger partial charge in [0.1, 0.15) is 6.04 Å². The molecule has 84 valence electrons. The Morgan fingerprint density at radius 3 is 2.38 bits per heavy atom. The highest BCUT2D eigenvalue weighted by Crippen LogP contribution is 2.16. The Bertz CT molecular complexity index is 406. The summed E-state index contributed by atoms with van der Waals surface area (Å²) in [6.45, 7) is 3.59. The highest BCUT2D eigenvalue weighted by Gasteiger charge is 2.15. The van der Waals surface area contributed by atoms with E-state index in [1.807, 2.05) is 24.3 Å². The van der Waals surface area contributed by atoms with Crippen molar-refractivity contribution in [1.82, 2.24) is 5.32 Å². The molecular formula is C12H13BrN2O. The summed E-state index contributed by atoms with van der Waals surface area (Å²) in [5, 5.41) is 11.7. The van der Waals surface area contributed by atoms with Gasteiger partial charge in [0.25, 0.3) is 0 Å². The molecule has 0 spiro atoms. The average molecular weight is 281 g/mol. The quantitative estimate of drug-likeness (QED) is 0.926. The molecule has 0 radical (unpaired) electrons. The van der Waals surface area contributed by atoms with Gasteiger partial charge >= 0.3 is 0 Å². The number of benzene rings is 1. The van der Waals surface area contributed by atoms with E-state index in [0.717, 1.165) is 10.0 Å². The molecule has 0 aromatic heterocycles. The number of carbonyl (C=O) groups excluding carboxylic acids is 1. The van der Waals surface area contributed by atoms with Gasteiger partial charge in [0.05, 0.1) is 6.07 Å². The maximum Gasteiger partial charge on any atom is 0.223 e. The summed E-state index contributed by atoms with van der Waals surface area (Å²) < 4.78 is 0.947. The summed E-state index contributed by atoms with van der Waals surface area (Å²) >= 11 is 3.32. The molecule has 0 aliphatic rings. The lowest BCUT2D eigenvalue weighted by atomic mass is 10.1. The Morgan fingerprint density at radius 1 is 1.38 bits per heavy atom. The first-order valence-electron chi connectivity index (χ1n) is 5.00. The van der Waals surface area contributed by atoms with Gasteiger partial charge in [-0.3, -0.25) is 4.79 Å². The van der Waals surface area contributed by atoms with E-state index < -0.39 is 6.04 Å². The van der Waals surface area contributed by atoms with E-state index >= 15 is 0 Å². The maximum atomic E-state index is 11.5. The van der Waals surface area contributed by atoms with E-state index in [9.17, 15) is 4.79 Å². The molecule has 1 atom stereocenters. The Labute approximate surface area is 104 Å². The van der Waals surface area contributed by atoms with Crippen LogP contribution in [0.2, 0.25) is 0 Å². The molecule has 1 aromatic rings. The third-order valence-corrected chi connectivity index (χ3v) is 2.67. The second kappa shape index (κ2) is 5.66. The highest BCUT2D eigenvalue weighted by atomic mass is 79.9. The van der Waals surface area contributed by atoms with Gasteiger partial charge in [-0.2, -0.15) is 5.26 Å². The topological polar surface area (TPSA) is 52.9 Å². The van der Waals surface area contributed by atoms with Crippen molar-refractivity contribution in [3.63, 3.8) is 0 Å². The van der Waals surface area contributed by atoms with Crippen molar-refractivity contribution < 1.29 is 4.79 Å². The molecule has 0 heterocycles. The SMILES string of the molecule is CC(C)C(=O)NC(C#N)c1ccc(Br)cc1. The first-order chi connectivity index (χ1) is 7.54. The van der Waals surface area contributed by atoms with Crippen molar-refractivity contribution >= 4 is 21.8 Å². The summed E-state index contributed by atoms with van der Waals surface area (Å²) in [6.07, 6.45) is 0. The van der Waals surface area contributed by atoms with E-state index in [2.05, 4.69) is 27.3 Å². The van der Waals surface area contributed by atoms with Gasteiger partial charge in [-0.05, 0) is 17.7 Å². The van der Waals surface area contributed by atoms with Crippen LogP contribution >= 0.6 is 15.9 Å². The fraction of sp³-hybridized carbons (Fsp3) is 0.333. The van der Waals surface area contributed by atoms with Gasteiger partial charge in [-0.25, -0.2) is 0 Å². The molecule has 1 aromatic carbocycles. The fourth-order valence-electron chi connectivity index (χ4n) is 1.15. The van der Waals surface area contributed by atoms with E-state index in [-0.39, 0.29) is 11.8 Å². The molecular weight excluding hydrogens is 268 g/mol. The minimum atomic E-state index is -0.581. The summed E-state index contributed by atoms with van der Waals surface area (Å²) in [5.74, 6) is -0.235. The number of hydrogen-bond acceptors (Lipinski definition) is 2. The van der Waals surface area contributed by atoms with Crippen LogP contribution in [0.4, 0.5) is 0 Å². The van der Waals surface area contributed by atoms with Crippen LogP contribution < -0.4 is 5.32 Å². The zero-order valence-electron chi connectivity index (χ0n) is 9.20. The van der Waals surface area contributed by atoms with Gasteiger partial charge in [0.2, 0.25) is 5.91 Å². The van der Waals surface area contributed by atoms with Crippen LogP contribution in [0.25, 0.3) is 0 Å². The van der Waals surface area contributed by atoms with Crippen molar-refractivity contribution in [2.75, 3.05) is 0 Å². The van der Waals surface area contributed by atoms with E-state index in [1.54, 1.807) is 13.8 Å². The van der Waals surface area contributed by atoms with Crippen LogP contribution in [0.5, 0.6) is 0 Å². The minimum absolute atomic E-state index is 0.116. The average Bonchev–Trinajstić information content (AvgIpc) is 2.26. The first-order valence-corrected chi connectivity index (χ1v) is 5.79. The molecule has 1 N–H and O–H groups in total. The fourth-order valence-corrected chi connectivity index (χ4v) is 1.42. The predicted octanol–water partition coefficient (Wildman–Crippen LogP) is 2.79. The number of nitrogens with one attached hydrogen (secondary N) is 1. The van der Waals surface area contributed by atoms with E-state index in [0.29, 0.717) is 0 Å². The Hall–Kier alpha value is -1.34. The minimum Gasteiger partial charge on any atom is -0.336 e. The normalized spacial score (nSPS) is 11.9. The first kappa shape index (κ1) is 12.7. The zero-order valence-corrected chi connectivity index (χ0v) is 10.8. The Morgan fingerprint density at radius 2 is 1.94 bits per heavy atom. The number of halogens is 1. The van der Waals surface area contributed by atoms with Crippen LogP contribution in [0, 0.1) is 17.2 Å². The number of nitriles is 1. The van der Waals surface area contributed by atoms with Gasteiger partial charge in [-0.1, -0.05) is 41.9 Å². The van der Waals surface area contributed by atoms with Gasteiger partial charge in [0.15, 0.2) is 0 Å². The van der Waals surface area contributed by atoms with Gasteiger partial charge in [0, 0.05) is 10.4 Å². The van der Waals surface area contributed by atoms with Gasteiger partial charge < -0.3 is 5.32 Å². The van der Waals surface area contributed by atoms with Crippen molar-refractivity contribution in [1.29, 1.82) is 5.26 Å². The van der Waals surface area contributed by atoms with Crippen molar-refractivity contribution in [2.45, 2.75) is 19.9 Å². The molecule has 0 aliphatic carbocycles. The second-order valence-electron chi connectivity index (χ2n) is 3.78. The molecule has 4 heteroatoms. The predicted molar refractivity (Wildman–Crippen MR) is 65.5 cm³/mol. The lowest BCUT2D eigenvalue weighted by molar-refractivity contribution is -0.124. The molecule has 0 saturated carbocycles. The van der Waals surface area contributed by atoms with E-state index in [4.69, 9.17) is 5.26 Å². The number of carbonyl (C=O) groups is 1. The molecule has 1 unspecified atom stereocenters. The van der Waals surface area contributed by atoms with Crippen molar-refractivity contribution in [3.05, 3.63) is 34.3 Å². The lowest BCUT2D eigenvalue weighted by Crippen LogP contribution is -2.31. The monoisotopic (exact) mass is 280 g/mol. The number of nitrogens with zero attached hydrogens (tertiary/aromatic N) is 1. The lowest BCUT2D eigenvalue weighted by Gasteiger charge is -2.13. The second-order valence-corrected chi connectivity index (χ2v) is 4.69. The molecule has 16 heavy (non-hydrogen) atoms. The van der Waals surface area contributed by atoms with Crippen LogP contribution in [-0.2, 0) is 4.79 Å². The molecule has 1 rings (SSSR count). The van der Waals surface area contributed by atoms with Crippen LogP contribution in [0.15, 0.2) is 28.7 Å². The largest absolute Gasteiger partial charge is 0.336 e. The maximum absolute atomic E-state index is 11.5. The Balaban J connectivity index is 2.80. The van der Waals surface area contributed by atoms with Crippen LogP contribution in [-0.4, -0.2) is 5.91 Å². The smallest absolute Gasteiger partial charge is 0.223 e. The molecule has 0 aliphatic heterocycles. The third kappa shape index (κ3) is 3.35. The molecule has 0 fully saturated rings. The molecule has 0 saturated heterocycles. The van der Waals surface area contributed by atoms with Crippen molar-refractivity contribution in [3.8, 4) is 6.07 Å². The summed E-state index contributed by atoms with van der Waals surface area (Å²) in [7, 11) is 0. The van der Waals surface area contributed by atoms with Crippen LogP contribution in [0.1, 0.15) is 25.5 Å². The van der Waals surface area contributed by atoms with Crippen molar-refractivity contribution in [2.24, 2.45) is 5.92 Å². The highest BCUT2D eigenvalue weighted by molar-refractivity contribution is 9.10. The molecule has 0 bridgehead atoms. The summed E-state index contributed by atoms with van der Waals surface area (Å²) in [5.41, 5.74) is 0.791. The Kier molecular flexibility index (Phi) is 4.51. The number of hydrogen-bond donors (Lipinski definition) is 1. The molecule has 3 nitrogen and oxygen atoms in total. The number of rotatable bonds is 3. The summed E-state index contributed by atoms with van der Waals surface area (Å²) in [6, 6.07) is 8.83. The molecule has 1 amide bonds. The van der Waals surface area contributed by atoms with Gasteiger partial charge in [-0.15, -0.1) is 0 Å². The third-order valence-electron chi connectivity index (χ3n) is 2.14.